The van der Waals surface area contributed by atoms with Gasteiger partial charge in [0.2, 0.25) is 5.91 Å². The number of hydrogen-bond donors (Lipinski definition) is 0. The number of amides is 1. The van der Waals surface area contributed by atoms with Crippen molar-refractivity contribution in [2.24, 2.45) is 5.92 Å². The lowest BCUT2D eigenvalue weighted by Gasteiger charge is -2.27. The molecule has 0 N–H and O–H groups in total. The molecular weight excluding hydrogens is 325 g/mol. The van der Waals surface area contributed by atoms with Gasteiger partial charge in [0.15, 0.2) is 0 Å². The van der Waals surface area contributed by atoms with Gasteiger partial charge >= 0.3 is 0 Å². The fourth-order valence-electron chi connectivity index (χ4n) is 3.01. The first-order chi connectivity index (χ1) is 11.5. The van der Waals surface area contributed by atoms with Crippen LogP contribution in [0.3, 0.4) is 0 Å². The predicted molar refractivity (Wildman–Crippen MR) is 95.1 cm³/mol. The summed E-state index contributed by atoms with van der Waals surface area (Å²) in [5.41, 5.74) is 2.56. The summed E-state index contributed by atoms with van der Waals surface area (Å²) in [6.07, 6.45) is 2.01. The average molecular weight is 344 g/mol. The zero-order valence-electron chi connectivity index (χ0n) is 13.7. The van der Waals surface area contributed by atoms with E-state index in [1.54, 1.807) is 6.07 Å². The highest BCUT2D eigenvalue weighted by Crippen LogP contribution is 2.37. The Morgan fingerprint density at radius 3 is 2.58 bits per heavy atom. The molecule has 2 aromatic rings. The van der Waals surface area contributed by atoms with Crippen molar-refractivity contribution in [2.75, 3.05) is 6.54 Å². The minimum Gasteiger partial charge on any atom is -0.328 e. The molecule has 0 bridgehead atoms. The molecule has 0 radical (unpaired) electrons. The summed E-state index contributed by atoms with van der Waals surface area (Å²) < 4.78 is 13.6. The Labute approximate surface area is 146 Å². The molecule has 2 aromatic carbocycles. The van der Waals surface area contributed by atoms with Crippen LogP contribution in [0.4, 0.5) is 4.39 Å². The largest absolute Gasteiger partial charge is 0.328 e. The average Bonchev–Trinajstić information content (AvgIpc) is 3.02. The Kier molecular flexibility index (Phi) is 4.72. The second-order valence-electron chi connectivity index (χ2n) is 6.29. The van der Waals surface area contributed by atoms with Crippen LogP contribution >= 0.6 is 11.6 Å². The van der Waals surface area contributed by atoms with E-state index >= 15 is 0 Å². The van der Waals surface area contributed by atoms with E-state index in [0.29, 0.717) is 17.1 Å². The molecule has 24 heavy (non-hydrogen) atoms. The first-order valence-corrected chi connectivity index (χ1v) is 8.36. The van der Waals surface area contributed by atoms with Crippen molar-refractivity contribution in [2.45, 2.75) is 19.9 Å². The Morgan fingerprint density at radius 1 is 1.21 bits per heavy atom. The van der Waals surface area contributed by atoms with Gasteiger partial charge in [-0.1, -0.05) is 61.9 Å². The summed E-state index contributed by atoms with van der Waals surface area (Å²) >= 11 is 6.25. The third kappa shape index (κ3) is 3.22. The van der Waals surface area contributed by atoms with Crippen molar-refractivity contribution in [1.82, 2.24) is 4.90 Å². The van der Waals surface area contributed by atoms with E-state index in [0.717, 1.165) is 11.1 Å². The molecular formula is C20H19ClFNO. The van der Waals surface area contributed by atoms with Crippen molar-refractivity contribution in [3.63, 3.8) is 0 Å². The molecule has 0 aliphatic carbocycles. The van der Waals surface area contributed by atoms with Crippen LogP contribution in [-0.4, -0.2) is 17.4 Å². The normalized spacial score (nSPS) is 17.3. The molecule has 3 rings (SSSR count). The van der Waals surface area contributed by atoms with E-state index in [-0.39, 0.29) is 23.7 Å². The Morgan fingerprint density at radius 2 is 1.92 bits per heavy atom. The second kappa shape index (κ2) is 6.78. The number of benzene rings is 2. The lowest BCUT2D eigenvalue weighted by Crippen LogP contribution is -2.34. The lowest BCUT2D eigenvalue weighted by molar-refractivity contribution is -0.134. The lowest BCUT2D eigenvalue weighted by atomic mass is 10.0. The van der Waals surface area contributed by atoms with Gasteiger partial charge in [-0.2, -0.15) is 0 Å². The number of nitrogens with zero attached hydrogens (tertiary/aromatic N) is 1. The molecule has 1 atom stereocenters. The van der Waals surface area contributed by atoms with Crippen molar-refractivity contribution >= 4 is 23.1 Å². The molecule has 0 saturated heterocycles. The van der Waals surface area contributed by atoms with Crippen LogP contribution in [0.1, 0.15) is 31.0 Å². The third-order valence-electron chi connectivity index (χ3n) is 4.23. The highest BCUT2D eigenvalue weighted by Gasteiger charge is 2.32. The van der Waals surface area contributed by atoms with Gasteiger partial charge in [0.1, 0.15) is 5.82 Å². The van der Waals surface area contributed by atoms with Gasteiger partial charge in [-0.25, -0.2) is 4.39 Å². The van der Waals surface area contributed by atoms with E-state index < -0.39 is 0 Å². The summed E-state index contributed by atoms with van der Waals surface area (Å²) in [7, 11) is 0. The van der Waals surface area contributed by atoms with Crippen LogP contribution in [0.5, 0.6) is 0 Å². The number of rotatable bonds is 3. The van der Waals surface area contributed by atoms with Crippen LogP contribution < -0.4 is 0 Å². The first-order valence-electron chi connectivity index (χ1n) is 7.99. The Balaban J connectivity index is 2.03. The van der Waals surface area contributed by atoms with E-state index in [4.69, 9.17) is 11.6 Å². The molecule has 4 heteroatoms. The minimum atomic E-state index is -0.333. The second-order valence-corrected chi connectivity index (χ2v) is 6.70. The van der Waals surface area contributed by atoms with Gasteiger partial charge in [0.05, 0.1) is 6.04 Å². The maximum Gasteiger partial charge on any atom is 0.226 e. The van der Waals surface area contributed by atoms with E-state index in [2.05, 4.69) is 0 Å². The summed E-state index contributed by atoms with van der Waals surface area (Å²) in [6, 6.07) is 14.0. The summed E-state index contributed by atoms with van der Waals surface area (Å²) in [5, 5.41) is 0.494. The summed E-state index contributed by atoms with van der Waals surface area (Å²) in [4.78, 5) is 14.5. The molecule has 1 aliphatic rings. The van der Waals surface area contributed by atoms with Gasteiger partial charge in [0.25, 0.3) is 0 Å². The maximum atomic E-state index is 13.6. The molecule has 1 unspecified atom stereocenters. The molecule has 0 aromatic heterocycles. The smallest absolute Gasteiger partial charge is 0.226 e. The Bertz CT molecular complexity index is 785. The van der Waals surface area contributed by atoms with Crippen molar-refractivity contribution in [3.8, 4) is 0 Å². The molecule has 0 fully saturated rings. The Hall–Kier alpha value is -2.13. The fourth-order valence-corrected chi connectivity index (χ4v) is 3.25. The zero-order valence-corrected chi connectivity index (χ0v) is 14.4. The van der Waals surface area contributed by atoms with Crippen LogP contribution in [0.2, 0.25) is 5.02 Å². The molecule has 124 valence electrons. The van der Waals surface area contributed by atoms with Crippen LogP contribution in [-0.2, 0) is 4.79 Å². The summed E-state index contributed by atoms with van der Waals surface area (Å²) in [5.74, 6) is -0.366. The topological polar surface area (TPSA) is 20.3 Å². The van der Waals surface area contributed by atoms with Crippen molar-refractivity contribution in [1.29, 1.82) is 0 Å². The van der Waals surface area contributed by atoms with Crippen LogP contribution in [0.15, 0.2) is 54.6 Å². The molecule has 1 heterocycles. The molecule has 1 aliphatic heterocycles. The van der Waals surface area contributed by atoms with Gasteiger partial charge in [-0.05, 0) is 29.3 Å². The van der Waals surface area contributed by atoms with E-state index in [1.165, 1.54) is 12.1 Å². The van der Waals surface area contributed by atoms with E-state index in [9.17, 15) is 9.18 Å². The number of carbonyl (C=O) groups is 1. The highest BCUT2D eigenvalue weighted by molar-refractivity contribution is 6.32. The van der Waals surface area contributed by atoms with Gasteiger partial charge in [-0.15, -0.1) is 0 Å². The van der Waals surface area contributed by atoms with Gasteiger partial charge in [0, 0.05) is 23.0 Å². The molecule has 0 spiro atoms. The monoisotopic (exact) mass is 343 g/mol. The van der Waals surface area contributed by atoms with Crippen LogP contribution in [0, 0.1) is 11.7 Å². The molecule has 1 amide bonds. The van der Waals surface area contributed by atoms with Crippen LogP contribution in [0.25, 0.3) is 5.57 Å². The number of carbonyl (C=O) groups excluding carboxylic acids is 1. The first kappa shape index (κ1) is 16.7. The molecule has 2 nitrogen and oxygen atoms in total. The van der Waals surface area contributed by atoms with E-state index in [1.807, 2.05) is 55.2 Å². The highest BCUT2D eigenvalue weighted by atomic mass is 35.5. The maximum absolute atomic E-state index is 13.6. The number of hydrogen-bond acceptors (Lipinski definition) is 1. The standard InChI is InChI=1S/C20H19ClFNO/c1-13(2)20(24)23-12-15(17-11-16(22)8-9-18(17)21)10-19(23)14-6-4-3-5-7-14/h3-11,13,19H,12H2,1-2H3. The molecule has 0 saturated carbocycles. The van der Waals surface area contributed by atoms with Gasteiger partial charge < -0.3 is 4.90 Å². The summed E-state index contributed by atoms with van der Waals surface area (Å²) in [6.45, 7) is 4.20. The SMILES string of the molecule is CC(C)C(=O)N1CC(c2cc(F)ccc2Cl)=CC1c1ccccc1. The third-order valence-corrected chi connectivity index (χ3v) is 4.56. The predicted octanol–water partition coefficient (Wildman–Crippen LogP) is 5.10. The quantitative estimate of drug-likeness (QED) is 0.759. The minimum absolute atomic E-state index is 0.0719. The number of halogens is 2. The zero-order chi connectivity index (χ0) is 17.3. The van der Waals surface area contributed by atoms with Crippen molar-refractivity contribution in [3.05, 3.63) is 76.6 Å². The van der Waals surface area contributed by atoms with Crippen molar-refractivity contribution < 1.29 is 9.18 Å². The fraction of sp³-hybridized carbons (Fsp3) is 0.250. The van der Waals surface area contributed by atoms with Gasteiger partial charge in [-0.3, -0.25) is 4.79 Å².